The minimum atomic E-state index is -0.358. The summed E-state index contributed by atoms with van der Waals surface area (Å²) in [7, 11) is 1.49. The normalized spacial score (nSPS) is 9.40. The van der Waals surface area contributed by atoms with Crippen LogP contribution in [0.1, 0.15) is 10.6 Å². The summed E-state index contributed by atoms with van der Waals surface area (Å²) in [5.41, 5.74) is 0. The molecule has 0 aliphatic carbocycles. The van der Waals surface area contributed by atoms with Crippen LogP contribution < -0.4 is 5.32 Å². The highest BCUT2D eigenvalue weighted by Gasteiger charge is 2.07. The third-order valence-corrected chi connectivity index (χ3v) is 1.06. The van der Waals surface area contributed by atoms with Crippen LogP contribution in [0.25, 0.3) is 0 Å². The van der Waals surface area contributed by atoms with E-state index in [0.717, 1.165) is 0 Å². The van der Waals surface area contributed by atoms with Gasteiger partial charge in [-0.1, -0.05) is 0 Å². The molecule has 0 radical (unpaired) electrons. The highest BCUT2D eigenvalue weighted by molar-refractivity contribution is 6.28. The molecule has 0 atom stereocenters. The smallest absolute Gasteiger partial charge is 0.290 e. The van der Waals surface area contributed by atoms with Gasteiger partial charge in [-0.2, -0.15) is 4.98 Å². The summed E-state index contributed by atoms with van der Waals surface area (Å²) in [6.07, 6.45) is 0. The fourth-order valence-corrected chi connectivity index (χ4v) is 0.578. The quantitative estimate of drug-likeness (QED) is 0.599. The summed E-state index contributed by atoms with van der Waals surface area (Å²) in [6, 6.07) is 0. The molecule has 0 spiro atoms. The number of carbonyl (C=O) groups excluding carboxylic acids is 1. The standard InChI is InChI=1S/C4H5ClN4O/c1-6-3(10)2-7-4(5)9-8-2/h1H3,(H,6,10)(H,7,8,9). The molecule has 1 rings (SSSR count). The maximum Gasteiger partial charge on any atom is 0.290 e. The maximum atomic E-state index is 10.7. The summed E-state index contributed by atoms with van der Waals surface area (Å²) in [6.45, 7) is 0. The first-order valence-corrected chi connectivity index (χ1v) is 2.92. The van der Waals surface area contributed by atoms with E-state index >= 15 is 0 Å². The number of hydrogen-bond acceptors (Lipinski definition) is 3. The van der Waals surface area contributed by atoms with Gasteiger partial charge in [-0.25, -0.2) is 5.10 Å². The Labute approximate surface area is 61.8 Å². The molecule has 0 unspecified atom stereocenters. The Morgan fingerprint density at radius 2 is 2.50 bits per heavy atom. The first-order valence-electron chi connectivity index (χ1n) is 2.54. The lowest BCUT2D eigenvalue weighted by Gasteiger charge is -1.87. The maximum absolute atomic E-state index is 10.7. The lowest BCUT2D eigenvalue weighted by molar-refractivity contribution is 0.0953. The van der Waals surface area contributed by atoms with E-state index in [1.165, 1.54) is 7.05 Å². The number of rotatable bonds is 1. The van der Waals surface area contributed by atoms with Gasteiger partial charge in [-0.3, -0.25) is 4.79 Å². The van der Waals surface area contributed by atoms with Gasteiger partial charge in [0, 0.05) is 7.05 Å². The number of hydrogen-bond donors (Lipinski definition) is 2. The highest BCUT2D eigenvalue weighted by Crippen LogP contribution is 1.97. The van der Waals surface area contributed by atoms with E-state index in [-0.39, 0.29) is 17.0 Å². The average molecular weight is 161 g/mol. The largest absolute Gasteiger partial charge is 0.352 e. The predicted molar refractivity (Wildman–Crippen MR) is 34.8 cm³/mol. The number of carbonyl (C=O) groups is 1. The Balaban J connectivity index is 2.85. The fourth-order valence-electron chi connectivity index (χ4n) is 0.455. The van der Waals surface area contributed by atoms with Crippen molar-refractivity contribution >= 4 is 17.5 Å². The highest BCUT2D eigenvalue weighted by atomic mass is 35.5. The van der Waals surface area contributed by atoms with Gasteiger partial charge in [0.1, 0.15) is 0 Å². The molecule has 0 saturated heterocycles. The van der Waals surface area contributed by atoms with Crippen molar-refractivity contribution in [2.24, 2.45) is 0 Å². The van der Waals surface area contributed by atoms with Crippen molar-refractivity contribution in [3.8, 4) is 0 Å². The molecule has 1 aromatic heterocycles. The first kappa shape index (κ1) is 7.01. The van der Waals surface area contributed by atoms with Gasteiger partial charge in [0.05, 0.1) is 0 Å². The SMILES string of the molecule is CNC(=O)c1n[nH]c(Cl)n1. The second kappa shape index (κ2) is 2.66. The molecule has 0 aromatic carbocycles. The van der Waals surface area contributed by atoms with Crippen LogP contribution >= 0.6 is 11.6 Å². The minimum Gasteiger partial charge on any atom is -0.352 e. The number of halogens is 1. The number of aromatic amines is 1. The van der Waals surface area contributed by atoms with Gasteiger partial charge in [-0.05, 0) is 11.6 Å². The predicted octanol–water partition coefficient (Wildman–Crippen LogP) is -0.182. The minimum absolute atomic E-state index is 0.0486. The van der Waals surface area contributed by atoms with Crippen molar-refractivity contribution in [3.63, 3.8) is 0 Å². The van der Waals surface area contributed by atoms with Crippen molar-refractivity contribution < 1.29 is 4.79 Å². The molecule has 1 amide bonds. The van der Waals surface area contributed by atoms with Crippen LogP contribution in [0.2, 0.25) is 5.28 Å². The van der Waals surface area contributed by atoms with E-state index in [9.17, 15) is 4.79 Å². The molecule has 1 aromatic rings. The summed E-state index contributed by atoms with van der Waals surface area (Å²) >= 11 is 5.35. The second-order valence-electron chi connectivity index (χ2n) is 1.53. The Bertz CT molecular complexity index is 245. The van der Waals surface area contributed by atoms with Gasteiger partial charge in [0.25, 0.3) is 5.91 Å². The van der Waals surface area contributed by atoms with Gasteiger partial charge < -0.3 is 5.32 Å². The lowest BCUT2D eigenvalue weighted by atomic mass is 10.6. The molecular formula is C4H5ClN4O. The van der Waals surface area contributed by atoms with Crippen molar-refractivity contribution in [2.45, 2.75) is 0 Å². The van der Waals surface area contributed by atoms with Crippen molar-refractivity contribution in [1.29, 1.82) is 0 Å². The van der Waals surface area contributed by atoms with Crippen molar-refractivity contribution in [1.82, 2.24) is 20.5 Å². The first-order chi connectivity index (χ1) is 4.74. The van der Waals surface area contributed by atoms with Crippen LogP contribution in [0.15, 0.2) is 0 Å². The summed E-state index contributed by atoms with van der Waals surface area (Å²) in [5, 5.41) is 8.30. The molecule has 2 N–H and O–H groups in total. The van der Waals surface area contributed by atoms with Gasteiger partial charge in [-0.15, -0.1) is 5.10 Å². The molecular weight excluding hydrogens is 156 g/mol. The molecule has 1 heterocycles. The Kier molecular flexibility index (Phi) is 1.86. The molecule has 0 fully saturated rings. The number of nitrogens with zero attached hydrogens (tertiary/aromatic N) is 2. The van der Waals surface area contributed by atoms with E-state index in [0.29, 0.717) is 0 Å². The summed E-state index contributed by atoms with van der Waals surface area (Å²) < 4.78 is 0. The number of H-pyrrole nitrogens is 1. The third kappa shape index (κ3) is 1.24. The zero-order valence-electron chi connectivity index (χ0n) is 5.18. The van der Waals surface area contributed by atoms with Crippen LogP contribution in [0, 0.1) is 0 Å². The third-order valence-electron chi connectivity index (χ3n) is 0.888. The molecule has 0 bridgehead atoms. The molecule has 0 saturated carbocycles. The van der Waals surface area contributed by atoms with Crippen molar-refractivity contribution in [2.75, 3.05) is 7.05 Å². The summed E-state index contributed by atoms with van der Waals surface area (Å²) in [4.78, 5) is 14.3. The van der Waals surface area contributed by atoms with Crippen LogP contribution in [-0.4, -0.2) is 28.1 Å². The van der Waals surface area contributed by atoms with E-state index < -0.39 is 0 Å². The van der Waals surface area contributed by atoms with Crippen LogP contribution in [0.4, 0.5) is 0 Å². The van der Waals surface area contributed by atoms with Gasteiger partial charge in [0.15, 0.2) is 0 Å². The van der Waals surface area contributed by atoms with E-state index in [4.69, 9.17) is 11.6 Å². The summed E-state index contributed by atoms with van der Waals surface area (Å²) in [5.74, 6) is -0.310. The zero-order chi connectivity index (χ0) is 7.56. The average Bonchev–Trinajstić information content (AvgIpc) is 2.34. The van der Waals surface area contributed by atoms with Crippen LogP contribution in [0.5, 0.6) is 0 Å². The van der Waals surface area contributed by atoms with Gasteiger partial charge >= 0.3 is 0 Å². The molecule has 0 aliphatic heterocycles. The second-order valence-corrected chi connectivity index (χ2v) is 1.89. The van der Waals surface area contributed by atoms with E-state index in [2.05, 4.69) is 20.5 Å². The Morgan fingerprint density at radius 3 is 2.90 bits per heavy atom. The topological polar surface area (TPSA) is 70.7 Å². The van der Waals surface area contributed by atoms with E-state index in [1.807, 2.05) is 0 Å². The molecule has 5 nitrogen and oxygen atoms in total. The molecule has 10 heavy (non-hydrogen) atoms. The number of nitrogens with one attached hydrogen (secondary N) is 2. The van der Waals surface area contributed by atoms with Crippen LogP contribution in [0.3, 0.4) is 0 Å². The van der Waals surface area contributed by atoms with Crippen LogP contribution in [-0.2, 0) is 0 Å². The zero-order valence-corrected chi connectivity index (χ0v) is 5.94. The number of aromatic nitrogens is 3. The molecule has 54 valence electrons. The van der Waals surface area contributed by atoms with Crippen molar-refractivity contribution in [3.05, 3.63) is 11.1 Å². The Morgan fingerprint density at radius 1 is 1.80 bits per heavy atom. The monoisotopic (exact) mass is 160 g/mol. The Hall–Kier alpha value is -1.10. The molecule has 0 aliphatic rings. The molecule has 6 heteroatoms. The number of amides is 1. The van der Waals surface area contributed by atoms with E-state index in [1.54, 1.807) is 0 Å². The van der Waals surface area contributed by atoms with Gasteiger partial charge in [0.2, 0.25) is 11.1 Å². The fraction of sp³-hybridized carbons (Fsp3) is 0.250. The lowest BCUT2D eigenvalue weighted by Crippen LogP contribution is -2.19.